The Morgan fingerprint density at radius 1 is 1.04 bits per heavy atom. The molecule has 5 nitrogen and oxygen atoms in total. The summed E-state index contributed by atoms with van der Waals surface area (Å²) in [7, 11) is -3.38. The molecule has 0 bridgehead atoms. The summed E-state index contributed by atoms with van der Waals surface area (Å²) in [5.41, 5.74) is 3.75. The van der Waals surface area contributed by atoms with Crippen molar-refractivity contribution in [2.24, 2.45) is 0 Å². The zero-order chi connectivity index (χ0) is 17.0. The Labute approximate surface area is 136 Å². The number of amides is 1. The van der Waals surface area contributed by atoms with Crippen molar-refractivity contribution < 1.29 is 13.2 Å². The summed E-state index contributed by atoms with van der Waals surface area (Å²) in [6.07, 6.45) is 1.08. The van der Waals surface area contributed by atoms with Gasteiger partial charge in [0.05, 0.1) is 11.9 Å². The van der Waals surface area contributed by atoms with Gasteiger partial charge >= 0.3 is 0 Å². The van der Waals surface area contributed by atoms with Crippen LogP contribution in [0, 0.1) is 13.8 Å². The molecule has 122 valence electrons. The van der Waals surface area contributed by atoms with Gasteiger partial charge in [0, 0.05) is 12.1 Å². The van der Waals surface area contributed by atoms with Gasteiger partial charge in [-0.3, -0.25) is 9.52 Å². The highest BCUT2D eigenvalue weighted by Crippen LogP contribution is 2.18. The Morgan fingerprint density at radius 3 is 2.30 bits per heavy atom. The number of hydrogen-bond donors (Lipinski definition) is 2. The quantitative estimate of drug-likeness (QED) is 0.884. The molecule has 0 aliphatic carbocycles. The molecule has 0 spiro atoms. The fourth-order valence-electron chi connectivity index (χ4n) is 2.06. The minimum atomic E-state index is -3.38. The van der Waals surface area contributed by atoms with E-state index in [2.05, 4.69) is 10.0 Å². The number of hydrogen-bond acceptors (Lipinski definition) is 3. The number of nitrogens with one attached hydrogen (secondary N) is 2. The van der Waals surface area contributed by atoms with Gasteiger partial charge in [0.25, 0.3) is 5.91 Å². The fourth-order valence-corrected chi connectivity index (χ4v) is 2.68. The van der Waals surface area contributed by atoms with E-state index in [1.165, 1.54) is 0 Å². The van der Waals surface area contributed by atoms with E-state index in [9.17, 15) is 13.2 Å². The van der Waals surface area contributed by atoms with Gasteiger partial charge in [-0.05, 0) is 37.1 Å². The largest absolute Gasteiger partial charge is 0.348 e. The predicted octanol–water partition coefficient (Wildman–Crippen LogP) is 2.60. The fraction of sp³-hybridized carbons (Fsp3) is 0.235. The first-order valence-electron chi connectivity index (χ1n) is 7.17. The molecule has 0 atom stereocenters. The lowest BCUT2D eigenvalue weighted by molar-refractivity contribution is 0.0951. The van der Waals surface area contributed by atoms with Crippen molar-refractivity contribution in [3.8, 4) is 0 Å². The van der Waals surface area contributed by atoms with Crippen molar-refractivity contribution in [3.63, 3.8) is 0 Å². The van der Waals surface area contributed by atoms with Crippen molar-refractivity contribution in [2.45, 2.75) is 20.4 Å². The molecule has 0 saturated carbocycles. The Bertz CT molecular complexity index is 812. The average molecular weight is 332 g/mol. The molecule has 2 aromatic rings. The summed E-state index contributed by atoms with van der Waals surface area (Å²) in [4.78, 5) is 12.2. The van der Waals surface area contributed by atoms with Crippen molar-refractivity contribution in [1.82, 2.24) is 5.32 Å². The van der Waals surface area contributed by atoms with Crippen LogP contribution in [-0.4, -0.2) is 20.6 Å². The van der Waals surface area contributed by atoms with E-state index >= 15 is 0 Å². The van der Waals surface area contributed by atoms with Gasteiger partial charge in [0.15, 0.2) is 0 Å². The highest BCUT2D eigenvalue weighted by molar-refractivity contribution is 7.92. The lowest BCUT2D eigenvalue weighted by atomic mass is 10.1. The number of rotatable bonds is 5. The van der Waals surface area contributed by atoms with Gasteiger partial charge in [-0.1, -0.05) is 35.9 Å². The maximum Gasteiger partial charge on any atom is 0.251 e. The normalized spacial score (nSPS) is 11.1. The summed E-state index contributed by atoms with van der Waals surface area (Å²) in [6, 6.07) is 12.8. The molecule has 2 aromatic carbocycles. The molecule has 0 saturated heterocycles. The number of anilines is 1. The lowest BCUT2D eigenvalue weighted by Gasteiger charge is -2.11. The number of benzene rings is 2. The van der Waals surface area contributed by atoms with Crippen LogP contribution in [0.4, 0.5) is 5.69 Å². The van der Waals surface area contributed by atoms with Crippen LogP contribution >= 0.6 is 0 Å². The zero-order valence-electron chi connectivity index (χ0n) is 13.4. The second-order valence-electron chi connectivity index (χ2n) is 5.57. The first kappa shape index (κ1) is 17.0. The van der Waals surface area contributed by atoms with E-state index in [-0.39, 0.29) is 5.91 Å². The molecule has 0 unspecified atom stereocenters. The van der Waals surface area contributed by atoms with E-state index < -0.39 is 10.0 Å². The molecule has 1 amide bonds. The highest BCUT2D eigenvalue weighted by Gasteiger charge is 2.10. The SMILES string of the molecule is Cc1ccc(CNC(=O)c2ccc(C)c(NS(C)(=O)=O)c2)cc1. The van der Waals surface area contributed by atoms with Crippen molar-refractivity contribution in [1.29, 1.82) is 0 Å². The number of sulfonamides is 1. The van der Waals surface area contributed by atoms with E-state index in [1.54, 1.807) is 25.1 Å². The summed E-state index contributed by atoms with van der Waals surface area (Å²) in [5.74, 6) is -0.248. The monoisotopic (exact) mass is 332 g/mol. The Kier molecular flexibility index (Phi) is 5.05. The van der Waals surface area contributed by atoms with E-state index in [0.29, 0.717) is 17.8 Å². The van der Waals surface area contributed by atoms with Crippen LogP contribution in [0.15, 0.2) is 42.5 Å². The smallest absolute Gasteiger partial charge is 0.251 e. The van der Waals surface area contributed by atoms with Crippen LogP contribution in [0.25, 0.3) is 0 Å². The predicted molar refractivity (Wildman–Crippen MR) is 92.0 cm³/mol. The number of aryl methyl sites for hydroxylation is 2. The Hall–Kier alpha value is -2.34. The molecular weight excluding hydrogens is 312 g/mol. The molecule has 0 radical (unpaired) electrons. The van der Waals surface area contributed by atoms with Gasteiger partial charge < -0.3 is 5.32 Å². The minimum absolute atomic E-state index is 0.248. The van der Waals surface area contributed by atoms with Crippen LogP contribution in [0.2, 0.25) is 0 Å². The minimum Gasteiger partial charge on any atom is -0.348 e. The highest BCUT2D eigenvalue weighted by atomic mass is 32.2. The molecule has 0 aliphatic heterocycles. The second kappa shape index (κ2) is 6.83. The third-order valence-electron chi connectivity index (χ3n) is 3.37. The molecule has 23 heavy (non-hydrogen) atoms. The number of carbonyl (C=O) groups is 1. The maximum atomic E-state index is 12.2. The van der Waals surface area contributed by atoms with Crippen LogP contribution < -0.4 is 10.0 Å². The van der Waals surface area contributed by atoms with Crippen molar-refractivity contribution in [2.75, 3.05) is 11.0 Å². The average Bonchev–Trinajstić information content (AvgIpc) is 2.47. The van der Waals surface area contributed by atoms with Gasteiger partial charge in [-0.15, -0.1) is 0 Å². The maximum absolute atomic E-state index is 12.2. The van der Waals surface area contributed by atoms with Crippen LogP contribution in [0.3, 0.4) is 0 Å². The number of carbonyl (C=O) groups excluding carboxylic acids is 1. The summed E-state index contributed by atoms with van der Waals surface area (Å²) < 4.78 is 25.1. The molecule has 2 N–H and O–H groups in total. The molecule has 0 heterocycles. The van der Waals surface area contributed by atoms with E-state index in [0.717, 1.165) is 22.9 Å². The third-order valence-corrected chi connectivity index (χ3v) is 3.96. The molecule has 0 aliphatic rings. The zero-order valence-corrected chi connectivity index (χ0v) is 14.2. The van der Waals surface area contributed by atoms with Crippen LogP contribution in [0.1, 0.15) is 27.0 Å². The summed E-state index contributed by atoms with van der Waals surface area (Å²) in [6.45, 7) is 4.20. The van der Waals surface area contributed by atoms with Gasteiger partial charge in [-0.2, -0.15) is 0 Å². The molecule has 0 aromatic heterocycles. The van der Waals surface area contributed by atoms with Gasteiger partial charge in [-0.25, -0.2) is 8.42 Å². The van der Waals surface area contributed by atoms with Crippen molar-refractivity contribution in [3.05, 3.63) is 64.7 Å². The Balaban J connectivity index is 2.10. The topological polar surface area (TPSA) is 75.3 Å². The molecule has 2 rings (SSSR count). The first-order chi connectivity index (χ1) is 10.7. The second-order valence-corrected chi connectivity index (χ2v) is 7.32. The molecule has 6 heteroatoms. The lowest BCUT2D eigenvalue weighted by Crippen LogP contribution is -2.23. The summed E-state index contributed by atoms with van der Waals surface area (Å²) in [5, 5.41) is 2.83. The summed E-state index contributed by atoms with van der Waals surface area (Å²) >= 11 is 0. The van der Waals surface area contributed by atoms with Crippen LogP contribution in [-0.2, 0) is 16.6 Å². The molecular formula is C17H20N2O3S. The van der Waals surface area contributed by atoms with E-state index in [4.69, 9.17) is 0 Å². The van der Waals surface area contributed by atoms with Gasteiger partial charge in [0.2, 0.25) is 10.0 Å². The molecule has 0 fully saturated rings. The first-order valence-corrected chi connectivity index (χ1v) is 9.06. The van der Waals surface area contributed by atoms with E-state index in [1.807, 2.05) is 31.2 Å². The van der Waals surface area contributed by atoms with Crippen molar-refractivity contribution >= 4 is 21.6 Å². The third kappa shape index (κ3) is 5.10. The van der Waals surface area contributed by atoms with Gasteiger partial charge in [0.1, 0.15) is 0 Å². The van der Waals surface area contributed by atoms with Crippen LogP contribution in [0.5, 0.6) is 0 Å². The Morgan fingerprint density at radius 2 is 1.70 bits per heavy atom. The standard InChI is InChI=1S/C17H20N2O3S/c1-12-4-7-14(8-5-12)11-18-17(20)15-9-6-13(2)16(10-15)19-23(3,21)22/h4-10,19H,11H2,1-3H3,(H,18,20).